The Balaban J connectivity index is 0. The van der Waals surface area contributed by atoms with Crippen molar-refractivity contribution in [2.45, 2.75) is 19.8 Å². The van der Waals surface area contributed by atoms with Crippen LogP contribution in [0.25, 0.3) is 0 Å². The zero-order valence-corrected chi connectivity index (χ0v) is 11.2. The second-order valence-electron chi connectivity index (χ2n) is 2.82. The van der Waals surface area contributed by atoms with Crippen molar-refractivity contribution in [2.24, 2.45) is 0 Å². The average Bonchev–Trinajstić information content (AvgIpc) is 2.64. The first-order chi connectivity index (χ1) is 5.88. The van der Waals surface area contributed by atoms with Gasteiger partial charge in [-0.25, -0.2) is 0 Å². The summed E-state index contributed by atoms with van der Waals surface area (Å²) < 4.78 is 0. The Kier molecular flexibility index (Phi) is 11.3. The zero-order chi connectivity index (χ0) is 8.81. The predicted molar refractivity (Wildman–Crippen MR) is 63.3 cm³/mol. The first-order valence-electron chi connectivity index (χ1n) is 4.45. The number of allylic oxidation sites excluding steroid dienone is 8. The summed E-state index contributed by atoms with van der Waals surface area (Å²) in [6.45, 7) is 5.72. The van der Waals surface area contributed by atoms with Crippen LogP contribution in [0, 0.1) is 6.92 Å². The minimum atomic E-state index is 0. The summed E-state index contributed by atoms with van der Waals surface area (Å²) >= 11 is 0. The van der Waals surface area contributed by atoms with Crippen LogP contribution in [-0.2, 0) is 0 Å². The van der Waals surface area contributed by atoms with Gasteiger partial charge in [-0.1, -0.05) is 49.8 Å². The van der Waals surface area contributed by atoms with Gasteiger partial charge in [0.1, 0.15) is 0 Å². The fourth-order valence-corrected chi connectivity index (χ4v) is 1.01. The van der Waals surface area contributed by atoms with Gasteiger partial charge in [-0.15, -0.1) is 0 Å². The van der Waals surface area contributed by atoms with E-state index >= 15 is 0 Å². The zero-order valence-electron chi connectivity index (χ0n) is 9.09. The Morgan fingerprint density at radius 2 is 1.43 bits per heavy atom. The number of hydrogen-bond donors (Lipinski definition) is 0. The SMILES string of the molecule is C1=CC2=CC=CC2=C1.[CH2-]CCC.[Li+].[SeH2]. The van der Waals surface area contributed by atoms with Crippen molar-refractivity contribution in [1.82, 2.24) is 0 Å². The first-order valence-corrected chi connectivity index (χ1v) is 4.45. The molecule has 0 aromatic carbocycles. The van der Waals surface area contributed by atoms with E-state index in [1.807, 2.05) is 0 Å². The van der Waals surface area contributed by atoms with E-state index in [4.69, 9.17) is 0 Å². The molecule has 0 nitrogen and oxygen atoms in total. The van der Waals surface area contributed by atoms with Gasteiger partial charge in [0.25, 0.3) is 0 Å². The molecule has 2 heteroatoms. The topological polar surface area (TPSA) is 0 Å². The number of rotatable bonds is 1. The molecule has 0 atom stereocenters. The molecule has 0 aromatic heterocycles. The first kappa shape index (κ1) is 16.5. The van der Waals surface area contributed by atoms with Crippen LogP contribution in [0.1, 0.15) is 19.8 Å². The third-order valence-electron chi connectivity index (χ3n) is 1.79. The molecule has 0 N–H and O–H groups in total. The van der Waals surface area contributed by atoms with E-state index in [2.05, 4.69) is 50.3 Å². The second kappa shape index (κ2) is 9.63. The van der Waals surface area contributed by atoms with Crippen molar-refractivity contribution in [3.63, 3.8) is 0 Å². The molecule has 0 unspecified atom stereocenters. The maximum absolute atomic E-state index is 3.60. The van der Waals surface area contributed by atoms with Gasteiger partial charge in [-0.3, -0.25) is 0 Å². The van der Waals surface area contributed by atoms with Crippen molar-refractivity contribution in [2.75, 3.05) is 0 Å². The Bertz CT molecular complexity index is 231. The van der Waals surface area contributed by atoms with Crippen molar-refractivity contribution in [3.05, 3.63) is 54.5 Å². The van der Waals surface area contributed by atoms with E-state index in [1.54, 1.807) is 0 Å². The fourth-order valence-electron chi connectivity index (χ4n) is 1.01. The Morgan fingerprint density at radius 1 is 1.07 bits per heavy atom. The van der Waals surface area contributed by atoms with Gasteiger partial charge in [-0.2, -0.15) is 6.42 Å². The third kappa shape index (κ3) is 5.08. The van der Waals surface area contributed by atoms with Crippen LogP contribution in [0.5, 0.6) is 0 Å². The molecular formula is C12H17LiSe. The van der Waals surface area contributed by atoms with E-state index in [0.29, 0.717) is 0 Å². The molecule has 0 aliphatic heterocycles. The molecule has 2 rings (SSSR count). The molecule has 0 radical (unpaired) electrons. The van der Waals surface area contributed by atoms with Gasteiger partial charge in [0.15, 0.2) is 0 Å². The van der Waals surface area contributed by atoms with Crippen LogP contribution in [0.3, 0.4) is 0 Å². The monoisotopic (exact) mass is 248 g/mol. The number of fused-ring (bicyclic) bond motifs is 1. The van der Waals surface area contributed by atoms with Crippen LogP contribution in [0.2, 0.25) is 0 Å². The van der Waals surface area contributed by atoms with Crippen LogP contribution in [-0.4, -0.2) is 17.1 Å². The molecule has 0 bridgehead atoms. The summed E-state index contributed by atoms with van der Waals surface area (Å²) in [6, 6.07) is 0. The second-order valence-corrected chi connectivity index (χ2v) is 2.82. The van der Waals surface area contributed by atoms with Crippen LogP contribution >= 0.6 is 0 Å². The third-order valence-corrected chi connectivity index (χ3v) is 1.79. The van der Waals surface area contributed by atoms with Gasteiger partial charge in [-0.05, 0) is 11.1 Å². The van der Waals surface area contributed by atoms with Gasteiger partial charge in [0.2, 0.25) is 0 Å². The molecule has 72 valence electrons. The normalized spacial score (nSPS) is 14.1. The summed E-state index contributed by atoms with van der Waals surface area (Å²) in [4.78, 5) is 0. The van der Waals surface area contributed by atoms with E-state index in [1.165, 1.54) is 17.6 Å². The van der Waals surface area contributed by atoms with E-state index in [-0.39, 0.29) is 35.9 Å². The van der Waals surface area contributed by atoms with Crippen molar-refractivity contribution < 1.29 is 18.9 Å². The predicted octanol–water partition coefficient (Wildman–Crippen LogP) is -0.313. The number of unbranched alkanes of at least 4 members (excludes halogenated alkanes) is 1. The molecule has 2 aliphatic carbocycles. The quantitative estimate of drug-likeness (QED) is 0.440. The molecule has 0 amide bonds. The maximum atomic E-state index is 3.60. The summed E-state index contributed by atoms with van der Waals surface area (Å²) in [5, 5.41) is 0. The van der Waals surface area contributed by atoms with E-state index in [9.17, 15) is 0 Å². The molecule has 0 fully saturated rings. The average molecular weight is 247 g/mol. The Labute approximate surface area is 110 Å². The molecule has 2 aliphatic rings. The standard InChI is InChI=1S/C8H6.C4H9.Li.H2Se/c1-3-7-5-2-6-8(7)4-1;1-3-4-2;;/h1-6H;1,3-4H2,2H3;;1H2/q;-1;+1;. The van der Waals surface area contributed by atoms with Gasteiger partial charge in [0.05, 0.1) is 0 Å². The molecule has 0 heterocycles. The summed E-state index contributed by atoms with van der Waals surface area (Å²) in [6.07, 6.45) is 14.9. The van der Waals surface area contributed by atoms with Crippen LogP contribution in [0.15, 0.2) is 47.6 Å². The van der Waals surface area contributed by atoms with Crippen LogP contribution in [0.4, 0.5) is 0 Å². The molecule has 0 aromatic rings. The minimum absolute atomic E-state index is 0. The summed E-state index contributed by atoms with van der Waals surface area (Å²) in [7, 11) is 0. The van der Waals surface area contributed by atoms with Gasteiger partial charge < -0.3 is 6.92 Å². The Morgan fingerprint density at radius 3 is 1.71 bits per heavy atom. The molecule has 0 spiro atoms. The summed E-state index contributed by atoms with van der Waals surface area (Å²) in [5.74, 6) is 0. The van der Waals surface area contributed by atoms with Gasteiger partial charge in [0, 0.05) is 0 Å². The Hall–Kier alpha value is 0.0769. The van der Waals surface area contributed by atoms with Crippen molar-refractivity contribution >= 4 is 17.1 Å². The molecule has 14 heavy (non-hydrogen) atoms. The molecule has 0 saturated carbocycles. The van der Waals surface area contributed by atoms with E-state index in [0.717, 1.165) is 6.42 Å². The fraction of sp³-hybridized carbons (Fsp3) is 0.250. The molecule has 0 saturated heterocycles. The van der Waals surface area contributed by atoms with E-state index < -0.39 is 0 Å². The molecular weight excluding hydrogens is 230 g/mol. The van der Waals surface area contributed by atoms with Crippen molar-refractivity contribution in [1.29, 1.82) is 0 Å². The van der Waals surface area contributed by atoms with Crippen molar-refractivity contribution in [3.8, 4) is 0 Å². The van der Waals surface area contributed by atoms with Gasteiger partial charge >= 0.3 is 35.9 Å². The summed E-state index contributed by atoms with van der Waals surface area (Å²) in [5.41, 5.74) is 2.70. The van der Waals surface area contributed by atoms with Crippen LogP contribution < -0.4 is 18.9 Å². The number of hydrogen-bond acceptors (Lipinski definition) is 0.